The van der Waals surface area contributed by atoms with E-state index < -0.39 is 0 Å². The Bertz CT molecular complexity index is 150. The SMILES string of the molecule is ClCc1[c]nccc1. The summed E-state index contributed by atoms with van der Waals surface area (Å²) in [5.74, 6) is 0.494. The van der Waals surface area contributed by atoms with E-state index in [4.69, 9.17) is 11.6 Å². The molecule has 0 saturated heterocycles. The van der Waals surface area contributed by atoms with Gasteiger partial charge in [0.15, 0.2) is 0 Å². The second-order valence-corrected chi connectivity index (χ2v) is 1.68. The first-order valence-electron chi connectivity index (χ1n) is 2.31. The molecule has 0 fully saturated rings. The third kappa shape index (κ3) is 1.20. The zero-order valence-corrected chi connectivity index (χ0v) is 5.02. The second-order valence-electron chi connectivity index (χ2n) is 1.41. The van der Waals surface area contributed by atoms with Gasteiger partial charge in [0.1, 0.15) is 0 Å². The van der Waals surface area contributed by atoms with Gasteiger partial charge in [-0.25, -0.2) is 0 Å². The van der Waals surface area contributed by atoms with Gasteiger partial charge in [0.25, 0.3) is 0 Å². The van der Waals surface area contributed by atoms with Crippen molar-refractivity contribution in [3.8, 4) is 0 Å². The van der Waals surface area contributed by atoms with Crippen LogP contribution in [0, 0.1) is 6.20 Å². The van der Waals surface area contributed by atoms with Crippen molar-refractivity contribution in [3.05, 3.63) is 30.1 Å². The van der Waals surface area contributed by atoms with Crippen LogP contribution >= 0.6 is 11.6 Å². The molecule has 41 valence electrons. The van der Waals surface area contributed by atoms with Gasteiger partial charge in [0.2, 0.25) is 0 Å². The molecule has 0 saturated carbocycles. The molecule has 1 heterocycles. The summed E-state index contributed by atoms with van der Waals surface area (Å²) >= 11 is 5.46. The minimum atomic E-state index is 0.494. The molecule has 0 amide bonds. The molecule has 0 bridgehead atoms. The Labute approximate surface area is 53.3 Å². The number of halogens is 1. The van der Waals surface area contributed by atoms with Crippen molar-refractivity contribution in [2.45, 2.75) is 5.88 Å². The molecule has 0 aliphatic heterocycles. The highest BCUT2D eigenvalue weighted by atomic mass is 35.5. The zero-order valence-electron chi connectivity index (χ0n) is 4.26. The van der Waals surface area contributed by atoms with Crippen molar-refractivity contribution < 1.29 is 0 Å². The van der Waals surface area contributed by atoms with Crippen LogP contribution in [-0.2, 0) is 5.88 Å². The highest BCUT2D eigenvalue weighted by Crippen LogP contribution is 1.97. The van der Waals surface area contributed by atoms with Crippen LogP contribution in [0.15, 0.2) is 18.3 Å². The molecule has 0 spiro atoms. The molecule has 8 heavy (non-hydrogen) atoms. The molecule has 1 radical (unpaired) electrons. The summed E-state index contributed by atoms with van der Waals surface area (Å²) in [5, 5.41) is 0. The summed E-state index contributed by atoms with van der Waals surface area (Å²) in [6.45, 7) is 0. The lowest BCUT2D eigenvalue weighted by Crippen LogP contribution is -1.76. The van der Waals surface area contributed by atoms with E-state index in [9.17, 15) is 0 Å². The molecule has 0 N–H and O–H groups in total. The molecule has 2 heteroatoms. The zero-order chi connectivity index (χ0) is 5.82. The Kier molecular flexibility index (Phi) is 1.86. The molecule has 1 aromatic heterocycles. The maximum Gasteiger partial charge on any atom is 0.0933 e. The van der Waals surface area contributed by atoms with E-state index in [1.165, 1.54) is 0 Å². The van der Waals surface area contributed by atoms with Crippen molar-refractivity contribution in [3.63, 3.8) is 0 Å². The van der Waals surface area contributed by atoms with Crippen molar-refractivity contribution in [1.82, 2.24) is 4.98 Å². The maximum atomic E-state index is 5.46. The predicted molar refractivity (Wildman–Crippen MR) is 32.6 cm³/mol. The molecule has 0 aliphatic rings. The normalized spacial score (nSPS) is 9.12. The highest BCUT2D eigenvalue weighted by Gasteiger charge is 1.84. The molecule has 0 atom stereocenters. The van der Waals surface area contributed by atoms with Crippen molar-refractivity contribution in [1.29, 1.82) is 0 Å². The predicted octanol–water partition coefficient (Wildman–Crippen LogP) is 1.62. The molecule has 1 nitrogen and oxygen atoms in total. The fourth-order valence-corrected chi connectivity index (χ4v) is 0.583. The minimum absolute atomic E-state index is 0.494. The lowest BCUT2D eigenvalue weighted by molar-refractivity contribution is 1.23. The first kappa shape index (κ1) is 5.57. The molecule has 0 aliphatic carbocycles. The molecule has 1 aromatic rings. The van der Waals surface area contributed by atoms with Gasteiger partial charge in [-0.2, -0.15) is 0 Å². The number of rotatable bonds is 1. The van der Waals surface area contributed by atoms with Gasteiger partial charge >= 0.3 is 0 Å². The van der Waals surface area contributed by atoms with E-state index >= 15 is 0 Å². The average molecular weight is 127 g/mol. The van der Waals surface area contributed by atoms with Gasteiger partial charge in [0, 0.05) is 12.1 Å². The van der Waals surface area contributed by atoms with E-state index in [2.05, 4.69) is 11.2 Å². The third-order valence-electron chi connectivity index (χ3n) is 0.810. The smallest absolute Gasteiger partial charge is 0.0933 e. The van der Waals surface area contributed by atoms with Crippen molar-refractivity contribution in [2.75, 3.05) is 0 Å². The van der Waals surface area contributed by atoms with Gasteiger partial charge in [-0.1, -0.05) is 6.07 Å². The number of aromatic nitrogens is 1. The molecule has 1 rings (SSSR count). The summed E-state index contributed by atoms with van der Waals surface area (Å²) in [6.07, 6.45) is 4.41. The molecular formula is C6H5ClN. The fourth-order valence-electron chi connectivity index (χ4n) is 0.434. The van der Waals surface area contributed by atoms with E-state index in [-0.39, 0.29) is 0 Å². The number of hydrogen-bond acceptors (Lipinski definition) is 1. The van der Waals surface area contributed by atoms with Crippen LogP contribution in [0.2, 0.25) is 0 Å². The van der Waals surface area contributed by atoms with E-state index in [0.29, 0.717) is 5.88 Å². The van der Waals surface area contributed by atoms with Crippen LogP contribution in [0.1, 0.15) is 5.56 Å². The summed E-state index contributed by atoms with van der Waals surface area (Å²) in [6, 6.07) is 3.73. The van der Waals surface area contributed by atoms with Crippen molar-refractivity contribution in [2.24, 2.45) is 0 Å². The van der Waals surface area contributed by atoms with Crippen LogP contribution in [-0.4, -0.2) is 4.98 Å². The Morgan fingerprint density at radius 3 is 3.00 bits per heavy atom. The third-order valence-corrected chi connectivity index (χ3v) is 1.10. The summed E-state index contributed by atoms with van der Waals surface area (Å²) < 4.78 is 0. The number of pyridine rings is 1. The van der Waals surface area contributed by atoms with Crippen LogP contribution in [0.4, 0.5) is 0 Å². The first-order chi connectivity index (χ1) is 3.93. The fraction of sp³-hybridized carbons (Fsp3) is 0.167. The standard InChI is InChI=1S/C6H5ClN/c7-4-6-2-1-3-8-5-6/h1-3H,4H2. The van der Waals surface area contributed by atoms with Crippen LogP contribution in [0.25, 0.3) is 0 Å². The number of nitrogens with zero attached hydrogens (tertiary/aromatic N) is 1. The Morgan fingerprint density at radius 2 is 2.62 bits per heavy atom. The number of alkyl halides is 1. The lowest BCUT2D eigenvalue weighted by atomic mass is 10.3. The van der Waals surface area contributed by atoms with E-state index in [0.717, 1.165) is 5.56 Å². The molecule has 0 aromatic carbocycles. The highest BCUT2D eigenvalue weighted by molar-refractivity contribution is 6.17. The largest absolute Gasteiger partial charge is 0.254 e. The quantitative estimate of drug-likeness (QED) is 0.521. The second kappa shape index (κ2) is 2.68. The summed E-state index contributed by atoms with van der Waals surface area (Å²) in [7, 11) is 0. The lowest BCUT2D eigenvalue weighted by Gasteiger charge is -1.86. The number of hydrogen-bond donors (Lipinski definition) is 0. The van der Waals surface area contributed by atoms with E-state index in [1.54, 1.807) is 6.20 Å². The minimum Gasteiger partial charge on any atom is -0.254 e. The Balaban J connectivity index is 2.83. The van der Waals surface area contributed by atoms with Crippen LogP contribution in [0.5, 0.6) is 0 Å². The Morgan fingerprint density at radius 1 is 1.75 bits per heavy atom. The Hall–Kier alpha value is -0.560. The summed E-state index contributed by atoms with van der Waals surface area (Å²) in [5.41, 5.74) is 0.939. The topological polar surface area (TPSA) is 12.9 Å². The van der Waals surface area contributed by atoms with Gasteiger partial charge < -0.3 is 0 Å². The average Bonchev–Trinajstić information content (AvgIpc) is 1.90. The van der Waals surface area contributed by atoms with Crippen LogP contribution < -0.4 is 0 Å². The van der Waals surface area contributed by atoms with Gasteiger partial charge in [0.05, 0.1) is 6.20 Å². The van der Waals surface area contributed by atoms with E-state index in [1.807, 2.05) is 12.1 Å². The van der Waals surface area contributed by atoms with Gasteiger partial charge in [-0.15, -0.1) is 11.6 Å². The van der Waals surface area contributed by atoms with Crippen LogP contribution in [0.3, 0.4) is 0 Å². The molecule has 0 unspecified atom stereocenters. The molecular weight excluding hydrogens is 122 g/mol. The van der Waals surface area contributed by atoms with Gasteiger partial charge in [-0.05, 0) is 11.6 Å². The monoisotopic (exact) mass is 126 g/mol. The first-order valence-corrected chi connectivity index (χ1v) is 2.84. The summed E-state index contributed by atoms with van der Waals surface area (Å²) in [4.78, 5) is 3.75. The van der Waals surface area contributed by atoms with Gasteiger partial charge in [-0.3, -0.25) is 4.98 Å². The maximum absolute atomic E-state index is 5.46. The van der Waals surface area contributed by atoms with Crippen molar-refractivity contribution >= 4 is 11.6 Å².